The van der Waals surface area contributed by atoms with Crippen LogP contribution in [-0.2, 0) is 9.59 Å². The molecular formula is C22H14F8N2O4. The van der Waals surface area contributed by atoms with Gasteiger partial charge in [-0.2, -0.15) is 35.1 Å². The van der Waals surface area contributed by atoms with Crippen LogP contribution in [0.3, 0.4) is 0 Å². The third kappa shape index (κ3) is 3.45. The maximum absolute atomic E-state index is 14.5. The van der Waals surface area contributed by atoms with Gasteiger partial charge in [0.15, 0.2) is 0 Å². The van der Waals surface area contributed by atoms with Crippen molar-refractivity contribution in [3.05, 3.63) is 59.7 Å². The first kappa shape index (κ1) is 25.5. The van der Waals surface area contributed by atoms with Crippen molar-refractivity contribution in [1.29, 1.82) is 0 Å². The molecule has 0 aromatic heterocycles. The Morgan fingerprint density at radius 3 is 1.36 bits per heavy atom. The highest BCUT2D eigenvalue weighted by molar-refractivity contribution is 6.21. The number of halogens is 8. The summed E-state index contributed by atoms with van der Waals surface area (Å²) in [5, 5.41) is 0. The number of hydrogen-bond acceptors (Lipinski definition) is 4. The van der Waals surface area contributed by atoms with E-state index in [1.54, 1.807) is 0 Å². The zero-order valence-electron chi connectivity index (χ0n) is 17.7. The summed E-state index contributed by atoms with van der Waals surface area (Å²) in [6.45, 7) is -5.22. The van der Waals surface area contributed by atoms with Gasteiger partial charge in [-0.3, -0.25) is 29.0 Å². The molecule has 2 unspecified atom stereocenters. The summed E-state index contributed by atoms with van der Waals surface area (Å²) < 4.78 is 116. The second-order valence-electron chi connectivity index (χ2n) is 8.38. The van der Waals surface area contributed by atoms with Crippen molar-refractivity contribution >= 4 is 23.6 Å². The average Bonchev–Trinajstić information content (AvgIpc) is 3.19. The van der Waals surface area contributed by atoms with Gasteiger partial charge < -0.3 is 0 Å². The van der Waals surface area contributed by atoms with Crippen LogP contribution in [0.15, 0.2) is 48.6 Å². The van der Waals surface area contributed by atoms with Gasteiger partial charge >= 0.3 is 23.7 Å². The first-order chi connectivity index (χ1) is 16.5. The van der Waals surface area contributed by atoms with E-state index in [1.807, 2.05) is 0 Å². The number of benzene rings is 1. The van der Waals surface area contributed by atoms with Gasteiger partial charge in [0.05, 0.1) is 36.1 Å². The van der Waals surface area contributed by atoms with Gasteiger partial charge in [0.2, 0.25) is 11.8 Å². The number of nitrogens with zero attached hydrogens (tertiary/aromatic N) is 2. The Hall–Kier alpha value is -3.58. The Balaban J connectivity index is 1.58. The molecule has 2 aliphatic heterocycles. The Labute approximate surface area is 196 Å². The highest BCUT2D eigenvalue weighted by Gasteiger charge is 2.81. The second kappa shape index (κ2) is 7.96. The number of rotatable bonds is 7. The van der Waals surface area contributed by atoms with Crippen LogP contribution < -0.4 is 0 Å². The predicted molar refractivity (Wildman–Crippen MR) is 104 cm³/mol. The van der Waals surface area contributed by atoms with Crippen molar-refractivity contribution in [3.8, 4) is 0 Å². The van der Waals surface area contributed by atoms with Gasteiger partial charge in [0.25, 0.3) is 11.8 Å². The first-order valence-corrected chi connectivity index (χ1v) is 10.2. The lowest BCUT2D eigenvalue weighted by atomic mass is 9.91. The summed E-state index contributed by atoms with van der Waals surface area (Å²) in [5.41, 5.74) is -0.927. The number of allylic oxidation sites excluding steroid dienone is 2. The summed E-state index contributed by atoms with van der Waals surface area (Å²) in [6.07, 6.45) is 4.78. The lowest BCUT2D eigenvalue weighted by Crippen LogP contribution is -2.67. The van der Waals surface area contributed by atoms with Crippen LogP contribution >= 0.6 is 0 Å². The van der Waals surface area contributed by atoms with Crippen molar-refractivity contribution in [3.63, 3.8) is 0 Å². The van der Waals surface area contributed by atoms with E-state index < -0.39 is 88.3 Å². The smallest absolute Gasteiger partial charge is 0.275 e. The normalized spacial score (nSPS) is 22.6. The van der Waals surface area contributed by atoms with E-state index in [9.17, 15) is 54.3 Å². The average molecular weight is 522 g/mol. The third-order valence-electron chi connectivity index (χ3n) is 6.14. The topological polar surface area (TPSA) is 74.8 Å². The minimum absolute atomic E-state index is 0.373. The van der Waals surface area contributed by atoms with Gasteiger partial charge in [-0.1, -0.05) is 36.4 Å². The molecule has 2 heterocycles. The Morgan fingerprint density at radius 1 is 0.611 bits per heavy atom. The number of alkyl halides is 8. The van der Waals surface area contributed by atoms with E-state index >= 15 is 0 Å². The maximum atomic E-state index is 14.5. The van der Waals surface area contributed by atoms with Crippen LogP contribution in [-0.4, -0.2) is 70.2 Å². The summed E-state index contributed by atoms with van der Waals surface area (Å²) in [5.74, 6) is -34.1. The standard InChI is InChI=1S/C22H14F8N2O4/c23-19(24,9-31-15(33)11-5-1-2-6-12(11)16(31)34)21(27,28)22(29,30)20(25,26)10-32-17(35)13-7-3-4-8-14(13)18(32)36/h1-8,11-12H,9-10H2. The molecule has 0 radical (unpaired) electrons. The molecular weight excluding hydrogens is 508 g/mol. The molecule has 0 N–H and O–H groups in total. The fourth-order valence-corrected chi connectivity index (χ4v) is 4.14. The van der Waals surface area contributed by atoms with Crippen molar-refractivity contribution in [2.24, 2.45) is 11.8 Å². The number of likely N-dealkylation sites (tertiary alicyclic amines) is 1. The van der Waals surface area contributed by atoms with E-state index in [0.29, 0.717) is 0 Å². The zero-order valence-corrected chi connectivity index (χ0v) is 17.7. The number of fused-ring (bicyclic) bond motifs is 2. The quantitative estimate of drug-likeness (QED) is 0.406. The lowest BCUT2D eigenvalue weighted by Gasteiger charge is -2.38. The van der Waals surface area contributed by atoms with Crippen molar-refractivity contribution in [1.82, 2.24) is 9.80 Å². The fourth-order valence-electron chi connectivity index (χ4n) is 4.14. The molecule has 0 spiro atoms. The first-order valence-electron chi connectivity index (χ1n) is 10.2. The van der Waals surface area contributed by atoms with Crippen LogP contribution in [0, 0.1) is 11.8 Å². The van der Waals surface area contributed by atoms with Crippen molar-refractivity contribution in [2.75, 3.05) is 13.1 Å². The molecule has 36 heavy (non-hydrogen) atoms. The molecule has 4 amide bonds. The van der Waals surface area contributed by atoms with E-state index in [2.05, 4.69) is 0 Å². The van der Waals surface area contributed by atoms with Crippen LogP contribution in [0.2, 0.25) is 0 Å². The molecule has 6 nitrogen and oxygen atoms in total. The number of amides is 4. The molecule has 3 aliphatic rings. The maximum Gasteiger partial charge on any atom is 0.380 e. The fraction of sp³-hybridized carbons (Fsp3) is 0.364. The Bertz CT molecular complexity index is 1160. The van der Waals surface area contributed by atoms with Gasteiger partial charge in [-0.15, -0.1) is 0 Å². The summed E-state index contributed by atoms with van der Waals surface area (Å²) in [7, 11) is 0. The number of imide groups is 2. The lowest BCUT2D eigenvalue weighted by molar-refractivity contribution is -0.366. The largest absolute Gasteiger partial charge is 0.380 e. The molecule has 192 valence electrons. The van der Waals surface area contributed by atoms with Gasteiger partial charge in [0.1, 0.15) is 0 Å². The number of carbonyl (C=O) groups is 4. The van der Waals surface area contributed by atoms with Crippen LogP contribution in [0.25, 0.3) is 0 Å². The zero-order chi connectivity index (χ0) is 26.8. The molecule has 1 aromatic carbocycles. The van der Waals surface area contributed by atoms with E-state index in [4.69, 9.17) is 0 Å². The number of carbonyl (C=O) groups excluding carboxylic acids is 4. The van der Waals surface area contributed by atoms with Crippen LogP contribution in [0.4, 0.5) is 35.1 Å². The predicted octanol–water partition coefficient (Wildman–Crippen LogP) is 3.55. The second-order valence-corrected chi connectivity index (χ2v) is 8.38. The van der Waals surface area contributed by atoms with Gasteiger partial charge in [-0.25, -0.2) is 0 Å². The molecule has 1 saturated heterocycles. The molecule has 0 bridgehead atoms. The van der Waals surface area contributed by atoms with Gasteiger partial charge in [-0.05, 0) is 12.1 Å². The summed E-state index contributed by atoms with van der Waals surface area (Å²) in [4.78, 5) is 48.0. The van der Waals surface area contributed by atoms with E-state index in [1.165, 1.54) is 24.3 Å². The Morgan fingerprint density at radius 2 is 0.972 bits per heavy atom. The highest BCUT2D eigenvalue weighted by atomic mass is 19.4. The summed E-state index contributed by atoms with van der Waals surface area (Å²) >= 11 is 0. The SMILES string of the molecule is O=C1c2ccccc2C(=O)N1CC(F)(F)C(F)(F)C(F)(F)C(F)(F)CN1C(=O)C2C=CC=CC2C1=O. The van der Waals surface area contributed by atoms with Crippen LogP contribution in [0.1, 0.15) is 20.7 Å². The van der Waals surface area contributed by atoms with Crippen molar-refractivity contribution < 1.29 is 54.3 Å². The van der Waals surface area contributed by atoms with Gasteiger partial charge in [0, 0.05) is 0 Å². The molecule has 4 rings (SSSR count). The minimum atomic E-state index is -6.82. The number of hydrogen-bond donors (Lipinski definition) is 0. The van der Waals surface area contributed by atoms with Crippen molar-refractivity contribution in [2.45, 2.75) is 23.7 Å². The van der Waals surface area contributed by atoms with Crippen LogP contribution in [0.5, 0.6) is 0 Å². The Kier molecular flexibility index (Phi) is 5.64. The molecule has 1 aromatic rings. The molecule has 2 atom stereocenters. The molecule has 1 fully saturated rings. The molecule has 0 saturated carbocycles. The third-order valence-corrected chi connectivity index (χ3v) is 6.14. The highest BCUT2D eigenvalue weighted by Crippen LogP contribution is 2.53. The molecule has 14 heteroatoms. The monoisotopic (exact) mass is 522 g/mol. The summed E-state index contributed by atoms with van der Waals surface area (Å²) in [6, 6.07) is 4.44. The van der Waals surface area contributed by atoms with E-state index in [-0.39, 0.29) is 4.90 Å². The molecule has 1 aliphatic carbocycles. The van der Waals surface area contributed by atoms with E-state index in [0.717, 1.165) is 24.3 Å². The minimum Gasteiger partial charge on any atom is -0.275 e.